The van der Waals surface area contributed by atoms with Crippen LogP contribution in [0, 0.1) is 0 Å². The van der Waals surface area contributed by atoms with Crippen LogP contribution < -0.4 is 11.1 Å². The van der Waals surface area contributed by atoms with Crippen LogP contribution in [0.4, 0.5) is 5.69 Å². The maximum atomic E-state index is 12.0. The zero-order valence-electron chi connectivity index (χ0n) is 13.1. The predicted molar refractivity (Wildman–Crippen MR) is 79.8 cm³/mol. The van der Waals surface area contributed by atoms with Crippen molar-refractivity contribution in [1.29, 1.82) is 0 Å². The molecule has 7 heteroatoms. The lowest BCUT2D eigenvalue weighted by atomic mass is 10.2. The quantitative estimate of drug-likeness (QED) is 0.732. The van der Waals surface area contributed by atoms with Crippen molar-refractivity contribution in [3.8, 4) is 0 Å². The molecule has 0 fully saturated rings. The molecule has 0 spiro atoms. The molecule has 0 saturated heterocycles. The Hall–Kier alpha value is -2.05. The van der Waals surface area contributed by atoms with Crippen LogP contribution in [0.5, 0.6) is 0 Å². The summed E-state index contributed by atoms with van der Waals surface area (Å²) >= 11 is 0. The summed E-state index contributed by atoms with van der Waals surface area (Å²) in [6.45, 7) is 5.56. The molecule has 0 bridgehead atoms. The van der Waals surface area contributed by atoms with E-state index in [-0.39, 0.29) is 24.2 Å². The van der Waals surface area contributed by atoms with E-state index >= 15 is 0 Å². The minimum absolute atomic E-state index is 0.102. The summed E-state index contributed by atoms with van der Waals surface area (Å²) in [5.41, 5.74) is 7.00. The molecular formula is C14H24N4O3. The maximum Gasteiger partial charge on any atom is 0.359 e. The first-order chi connectivity index (χ1) is 9.94. The molecule has 1 aromatic heterocycles. The second-order valence-electron chi connectivity index (χ2n) is 4.84. The Kier molecular flexibility index (Phi) is 6.20. The molecule has 118 valence electrons. The van der Waals surface area contributed by atoms with Crippen LogP contribution in [0.2, 0.25) is 0 Å². The van der Waals surface area contributed by atoms with E-state index in [0.29, 0.717) is 17.8 Å². The summed E-state index contributed by atoms with van der Waals surface area (Å²) in [5, 5.41) is 6.94. The van der Waals surface area contributed by atoms with Gasteiger partial charge in [-0.05, 0) is 19.3 Å². The van der Waals surface area contributed by atoms with Crippen molar-refractivity contribution in [1.82, 2.24) is 15.1 Å². The average Bonchev–Trinajstić information content (AvgIpc) is 2.76. The highest BCUT2D eigenvalue weighted by molar-refractivity contribution is 5.95. The molecule has 0 radical (unpaired) electrons. The van der Waals surface area contributed by atoms with Gasteiger partial charge in [0.25, 0.3) is 5.91 Å². The third-order valence-electron chi connectivity index (χ3n) is 3.37. The number of rotatable bonds is 7. The third-order valence-corrected chi connectivity index (χ3v) is 3.37. The number of amides is 1. The Labute approximate surface area is 124 Å². The highest BCUT2D eigenvalue weighted by Gasteiger charge is 2.21. The lowest BCUT2D eigenvalue weighted by Crippen LogP contribution is -2.37. The van der Waals surface area contributed by atoms with Crippen molar-refractivity contribution >= 4 is 17.6 Å². The highest BCUT2D eigenvalue weighted by atomic mass is 16.5. The van der Waals surface area contributed by atoms with Crippen molar-refractivity contribution in [2.24, 2.45) is 7.05 Å². The summed E-state index contributed by atoms with van der Waals surface area (Å²) in [6.07, 6.45) is 2.30. The lowest BCUT2D eigenvalue weighted by Gasteiger charge is -2.14. The molecule has 1 heterocycles. The van der Waals surface area contributed by atoms with E-state index in [1.165, 1.54) is 4.68 Å². The monoisotopic (exact) mass is 296 g/mol. The number of nitrogens with two attached hydrogens (primary N) is 1. The Morgan fingerprint density at radius 2 is 1.95 bits per heavy atom. The van der Waals surface area contributed by atoms with Crippen molar-refractivity contribution in [2.45, 2.75) is 46.1 Å². The van der Waals surface area contributed by atoms with Crippen LogP contribution in [-0.2, 0) is 23.0 Å². The number of carbonyl (C=O) groups is 2. The van der Waals surface area contributed by atoms with Crippen LogP contribution in [0.25, 0.3) is 0 Å². The number of aryl methyl sites for hydroxylation is 2. The lowest BCUT2D eigenvalue weighted by molar-refractivity contribution is -0.125. The van der Waals surface area contributed by atoms with Crippen LogP contribution in [0.15, 0.2) is 0 Å². The molecule has 1 rings (SSSR count). The Morgan fingerprint density at radius 3 is 2.43 bits per heavy atom. The van der Waals surface area contributed by atoms with Gasteiger partial charge in [0.15, 0.2) is 12.3 Å². The molecule has 0 aliphatic carbocycles. The van der Waals surface area contributed by atoms with Crippen LogP contribution in [0.3, 0.4) is 0 Å². The molecule has 0 aliphatic rings. The van der Waals surface area contributed by atoms with Gasteiger partial charge in [-0.1, -0.05) is 20.8 Å². The number of ether oxygens (including phenoxy) is 1. The number of hydrogen-bond acceptors (Lipinski definition) is 5. The number of aromatic nitrogens is 2. The normalized spacial score (nSPS) is 10.7. The van der Waals surface area contributed by atoms with Gasteiger partial charge in [0.05, 0.1) is 11.4 Å². The van der Waals surface area contributed by atoms with Crippen molar-refractivity contribution < 1.29 is 14.3 Å². The topological polar surface area (TPSA) is 99.2 Å². The molecule has 3 N–H and O–H groups in total. The summed E-state index contributed by atoms with van der Waals surface area (Å²) < 4.78 is 6.39. The molecule has 0 aliphatic heterocycles. The van der Waals surface area contributed by atoms with Gasteiger partial charge in [-0.2, -0.15) is 5.10 Å². The first kappa shape index (κ1) is 17.0. The van der Waals surface area contributed by atoms with E-state index in [1.807, 2.05) is 20.8 Å². The zero-order chi connectivity index (χ0) is 16.0. The van der Waals surface area contributed by atoms with Gasteiger partial charge in [-0.25, -0.2) is 4.79 Å². The van der Waals surface area contributed by atoms with Gasteiger partial charge < -0.3 is 15.8 Å². The van der Waals surface area contributed by atoms with Gasteiger partial charge >= 0.3 is 5.97 Å². The van der Waals surface area contributed by atoms with Crippen LogP contribution >= 0.6 is 0 Å². The molecule has 0 unspecified atom stereocenters. The second-order valence-corrected chi connectivity index (χ2v) is 4.84. The van der Waals surface area contributed by atoms with Crippen molar-refractivity contribution in [3.05, 3.63) is 11.4 Å². The number of anilines is 1. The molecule has 0 saturated carbocycles. The van der Waals surface area contributed by atoms with Gasteiger partial charge in [-0.15, -0.1) is 0 Å². The van der Waals surface area contributed by atoms with Gasteiger partial charge in [-0.3, -0.25) is 9.48 Å². The average molecular weight is 296 g/mol. The smallest absolute Gasteiger partial charge is 0.359 e. The molecule has 7 nitrogen and oxygen atoms in total. The van der Waals surface area contributed by atoms with Gasteiger partial charge in [0, 0.05) is 13.1 Å². The molecular weight excluding hydrogens is 272 g/mol. The Balaban J connectivity index is 2.62. The van der Waals surface area contributed by atoms with E-state index in [4.69, 9.17) is 10.5 Å². The molecule has 0 aromatic carbocycles. The SMILES string of the molecule is CCc1nn(C)c(C(=O)OCC(=O)NC(CC)CC)c1N. The van der Waals surface area contributed by atoms with Crippen molar-refractivity contribution in [2.75, 3.05) is 12.3 Å². The number of nitrogens with one attached hydrogen (secondary N) is 1. The number of esters is 1. The number of hydrogen-bond donors (Lipinski definition) is 2. The number of nitrogen functional groups attached to an aromatic ring is 1. The van der Waals surface area contributed by atoms with E-state index in [2.05, 4.69) is 10.4 Å². The largest absolute Gasteiger partial charge is 0.451 e. The van der Waals surface area contributed by atoms with Gasteiger partial charge in [0.1, 0.15) is 0 Å². The summed E-state index contributed by atoms with van der Waals surface area (Å²) in [6, 6.07) is 0.102. The molecule has 1 aromatic rings. The maximum absolute atomic E-state index is 12.0. The van der Waals surface area contributed by atoms with E-state index in [0.717, 1.165) is 12.8 Å². The Bertz CT molecular complexity index is 507. The third kappa shape index (κ3) is 4.21. The molecule has 1 amide bonds. The van der Waals surface area contributed by atoms with E-state index < -0.39 is 5.97 Å². The second kappa shape index (κ2) is 7.66. The highest BCUT2D eigenvalue weighted by Crippen LogP contribution is 2.17. The minimum Gasteiger partial charge on any atom is -0.451 e. The number of carbonyl (C=O) groups excluding carboxylic acids is 2. The summed E-state index contributed by atoms with van der Waals surface area (Å²) in [5.74, 6) is -0.949. The van der Waals surface area contributed by atoms with Crippen LogP contribution in [0.1, 0.15) is 49.8 Å². The Morgan fingerprint density at radius 1 is 1.33 bits per heavy atom. The van der Waals surface area contributed by atoms with Crippen molar-refractivity contribution in [3.63, 3.8) is 0 Å². The predicted octanol–water partition coefficient (Wildman–Crippen LogP) is 1.03. The minimum atomic E-state index is -0.637. The summed E-state index contributed by atoms with van der Waals surface area (Å²) in [7, 11) is 1.62. The van der Waals surface area contributed by atoms with Crippen LogP contribution in [-0.4, -0.2) is 34.3 Å². The molecule has 0 atom stereocenters. The fraction of sp³-hybridized carbons (Fsp3) is 0.643. The first-order valence-corrected chi connectivity index (χ1v) is 7.22. The van der Waals surface area contributed by atoms with Gasteiger partial charge in [0.2, 0.25) is 0 Å². The fourth-order valence-electron chi connectivity index (χ4n) is 2.06. The first-order valence-electron chi connectivity index (χ1n) is 7.22. The standard InChI is InChI=1S/C14H24N4O3/c1-5-9(6-2)16-11(19)8-21-14(20)13-12(15)10(7-3)17-18(13)4/h9H,5-8,15H2,1-4H3,(H,16,19). The van der Waals surface area contributed by atoms with E-state index in [1.54, 1.807) is 7.05 Å². The zero-order valence-corrected chi connectivity index (χ0v) is 13.1. The molecule has 21 heavy (non-hydrogen) atoms. The number of nitrogens with zero attached hydrogens (tertiary/aromatic N) is 2. The fourth-order valence-corrected chi connectivity index (χ4v) is 2.06. The summed E-state index contributed by atoms with van der Waals surface area (Å²) in [4.78, 5) is 23.7. The van der Waals surface area contributed by atoms with E-state index in [9.17, 15) is 9.59 Å².